The Kier molecular flexibility index (Phi) is 4.65. The third-order valence-corrected chi connectivity index (χ3v) is 4.61. The van der Waals surface area contributed by atoms with Gasteiger partial charge in [0, 0.05) is 12.1 Å². The van der Waals surface area contributed by atoms with E-state index < -0.39 is 5.97 Å². The minimum atomic E-state index is -0.396. The summed E-state index contributed by atoms with van der Waals surface area (Å²) in [6.07, 6.45) is 1.75. The Morgan fingerprint density at radius 1 is 1.08 bits per heavy atom. The van der Waals surface area contributed by atoms with Gasteiger partial charge in [0.15, 0.2) is 0 Å². The first-order valence-corrected chi connectivity index (χ1v) is 8.22. The van der Waals surface area contributed by atoms with E-state index in [-0.39, 0.29) is 11.9 Å². The molecule has 2 aromatic rings. The number of methoxy groups -OCH3 is 1. The number of esters is 1. The highest BCUT2D eigenvalue weighted by Gasteiger charge is 2.29. The minimum Gasteiger partial charge on any atom is -0.465 e. The molecule has 24 heavy (non-hydrogen) atoms. The van der Waals surface area contributed by atoms with Crippen LogP contribution in [0.15, 0.2) is 48.5 Å². The fourth-order valence-electron chi connectivity index (χ4n) is 3.37. The molecule has 0 unspecified atom stereocenters. The molecule has 4 heteroatoms. The van der Waals surface area contributed by atoms with Crippen LogP contribution in [0.4, 0.5) is 0 Å². The molecule has 0 radical (unpaired) electrons. The quantitative estimate of drug-likeness (QED) is 0.811. The standard InChI is InChI=1S/C20H21NO3/c1-3-18-17-7-5-4-6-14(17)12-13-21(18)19(22)15-8-10-16(11-9-15)20(23)24-2/h4-11,18H,3,12-13H2,1-2H3/t18-/m1/s1. The van der Waals surface area contributed by atoms with Gasteiger partial charge in [0.1, 0.15) is 0 Å². The number of ether oxygens (including phenoxy) is 1. The summed E-state index contributed by atoms with van der Waals surface area (Å²) < 4.78 is 4.69. The van der Waals surface area contributed by atoms with Crippen LogP contribution in [0.5, 0.6) is 0 Å². The van der Waals surface area contributed by atoms with E-state index in [1.54, 1.807) is 24.3 Å². The molecule has 0 fully saturated rings. The average molecular weight is 323 g/mol. The van der Waals surface area contributed by atoms with E-state index in [1.807, 2.05) is 11.0 Å². The first kappa shape index (κ1) is 16.2. The van der Waals surface area contributed by atoms with Gasteiger partial charge in [-0.3, -0.25) is 4.79 Å². The summed E-state index contributed by atoms with van der Waals surface area (Å²) in [6, 6.07) is 15.1. The molecule has 1 aliphatic heterocycles. The van der Waals surface area contributed by atoms with Crippen molar-refractivity contribution in [2.45, 2.75) is 25.8 Å². The molecule has 3 rings (SSSR count). The van der Waals surface area contributed by atoms with Crippen LogP contribution in [0.3, 0.4) is 0 Å². The van der Waals surface area contributed by atoms with Crippen LogP contribution in [-0.2, 0) is 11.2 Å². The van der Waals surface area contributed by atoms with Crippen molar-refractivity contribution in [2.24, 2.45) is 0 Å². The molecular weight excluding hydrogens is 302 g/mol. The smallest absolute Gasteiger partial charge is 0.337 e. The number of hydrogen-bond acceptors (Lipinski definition) is 3. The first-order chi connectivity index (χ1) is 11.7. The van der Waals surface area contributed by atoms with Gasteiger partial charge in [0.05, 0.1) is 18.7 Å². The molecule has 0 saturated carbocycles. The number of nitrogens with zero attached hydrogens (tertiary/aromatic N) is 1. The average Bonchev–Trinajstić information content (AvgIpc) is 2.65. The number of hydrogen-bond donors (Lipinski definition) is 0. The largest absolute Gasteiger partial charge is 0.465 e. The van der Waals surface area contributed by atoms with Crippen LogP contribution in [0.2, 0.25) is 0 Å². The second-order valence-corrected chi connectivity index (χ2v) is 5.94. The van der Waals surface area contributed by atoms with Crippen LogP contribution < -0.4 is 0 Å². The lowest BCUT2D eigenvalue weighted by Crippen LogP contribution is -2.39. The molecule has 0 aromatic heterocycles. The predicted molar refractivity (Wildman–Crippen MR) is 92.0 cm³/mol. The zero-order valence-electron chi connectivity index (χ0n) is 14.0. The van der Waals surface area contributed by atoms with E-state index >= 15 is 0 Å². The van der Waals surface area contributed by atoms with Crippen LogP contribution in [0, 0.1) is 0 Å². The first-order valence-electron chi connectivity index (χ1n) is 8.22. The maximum Gasteiger partial charge on any atom is 0.337 e. The highest BCUT2D eigenvalue weighted by molar-refractivity contribution is 5.96. The van der Waals surface area contributed by atoms with Crippen molar-refractivity contribution in [2.75, 3.05) is 13.7 Å². The lowest BCUT2D eigenvalue weighted by molar-refractivity contribution is 0.0598. The Morgan fingerprint density at radius 3 is 2.42 bits per heavy atom. The van der Waals surface area contributed by atoms with Gasteiger partial charge in [-0.25, -0.2) is 4.79 Å². The molecule has 2 aromatic carbocycles. The van der Waals surface area contributed by atoms with Gasteiger partial charge < -0.3 is 9.64 Å². The third kappa shape index (κ3) is 2.92. The number of carbonyl (C=O) groups excluding carboxylic acids is 2. The number of rotatable bonds is 3. The summed E-state index contributed by atoms with van der Waals surface area (Å²) in [6.45, 7) is 2.82. The molecule has 124 valence electrons. The summed E-state index contributed by atoms with van der Waals surface area (Å²) >= 11 is 0. The van der Waals surface area contributed by atoms with E-state index in [9.17, 15) is 9.59 Å². The highest BCUT2D eigenvalue weighted by atomic mass is 16.5. The number of fused-ring (bicyclic) bond motifs is 1. The van der Waals surface area contributed by atoms with Gasteiger partial charge in [-0.2, -0.15) is 0 Å². The van der Waals surface area contributed by atoms with E-state index in [1.165, 1.54) is 18.2 Å². The summed E-state index contributed by atoms with van der Waals surface area (Å²) in [5.74, 6) is -0.389. The summed E-state index contributed by atoms with van der Waals surface area (Å²) in [5, 5.41) is 0. The molecule has 0 bridgehead atoms. The normalized spacial score (nSPS) is 16.4. The number of amides is 1. The Bertz CT molecular complexity index is 752. The maximum absolute atomic E-state index is 12.9. The second-order valence-electron chi connectivity index (χ2n) is 5.94. The topological polar surface area (TPSA) is 46.6 Å². The van der Waals surface area contributed by atoms with Crippen molar-refractivity contribution in [3.05, 3.63) is 70.8 Å². The molecule has 1 atom stereocenters. The van der Waals surface area contributed by atoms with E-state index in [0.29, 0.717) is 17.7 Å². The fourth-order valence-corrected chi connectivity index (χ4v) is 3.37. The van der Waals surface area contributed by atoms with Crippen molar-refractivity contribution >= 4 is 11.9 Å². The highest BCUT2D eigenvalue weighted by Crippen LogP contribution is 2.33. The van der Waals surface area contributed by atoms with Gasteiger partial charge >= 0.3 is 5.97 Å². The van der Waals surface area contributed by atoms with E-state index in [2.05, 4.69) is 25.1 Å². The molecular formula is C20H21NO3. The lowest BCUT2D eigenvalue weighted by Gasteiger charge is -2.37. The fraction of sp³-hybridized carbons (Fsp3) is 0.300. The van der Waals surface area contributed by atoms with Gasteiger partial charge in [0.25, 0.3) is 5.91 Å². The van der Waals surface area contributed by atoms with Crippen molar-refractivity contribution in [1.82, 2.24) is 4.90 Å². The molecule has 0 N–H and O–H groups in total. The Hall–Kier alpha value is -2.62. The van der Waals surface area contributed by atoms with Gasteiger partial charge in [-0.05, 0) is 48.2 Å². The minimum absolute atomic E-state index is 0.00719. The Labute approximate surface area is 142 Å². The van der Waals surface area contributed by atoms with Gasteiger partial charge in [-0.15, -0.1) is 0 Å². The van der Waals surface area contributed by atoms with Crippen molar-refractivity contribution in [3.63, 3.8) is 0 Å². The van der Waals surface area contributed by atoms with Crippen LogP contribution in [0.1, 0.15) is 51.2 Å². The van der Waals surface area contributed by atoms with Crippen LogP contribution in [-0.4, -0.2) is 30.4 Å². The third-order valence-electron chi connectivity index (χ3n) is 4.61. The Balaban J connectivity index is 1.86. The zero-order valence-corrected chi connectivity index (χ0v) is 14.0. The lowest BCUT2D eigenvalue weighted by atomic mass is 9.90. The van der Waals surface area contributed by atoms with Crippen LogP contribution in [0.25, 0.3) is 0 Å². The summed E-state index contributed by atoms with van der Waals surface area (Å²) in [5.41, 5.74) is 3.62. The molecule has 1 heterocycles. The monoisotopic (exact) mass is 323 g/mol. The van der Waals surface area contributed by atoms with Crippen molar-refractivity contribution in [1.29, 1.82) is 0 Å². The maximum atomic E-state index is 12.9. The number of benzene rings is 2. The zero-order chi connectivity index (χ0) is 17.1. The van der Waals surface area contributed by atoms with Gasteiger partial charge in [-0.1, -0.05) is 31.2 Å². The summed E-state index contributed by atoms with van der Waals surface area (Å²) in [7, 11) is 1.35. The molecule has 1 amide bonds. The molecule has 4 nitrogen and oxygen atoms in total. The van der Waals surface area contributed by atoms with Crippen molar-refractivity contribution < 1.29 is 14.3 Å². The van der Waals surface area contributed by atoms with E-state index in [0.717, 1.165) is 12.8 Å². The molecule has 1 aliphatic rings. The van der Waals surface area contributed by atoms with Gasteiger partial charge in [0.2, 0.25) is 0 Å². The summed E-state index contributed by atoms with van der Waals surface area (Å²) in [4.78, 5) is 26.4. The molecule has 0 saturated heterocycles. The molecule has 0 aliphatic carbocycles. The number of carbonyl (C=O) groups is 2. The van der Waals surface area contributed by atoms with Crippen LogP contribution >= 0.6 is 0 Å². The molecule has 0 spiro atoms. The van der Waals surface area contributed by atoms with E-state index in [4.69, 9.17) is 4.74 Å². The van der Waals surface area contributed by atoms with Crippen molar-refractivity contribution in [3.8, 4) is 0 Å². The predicted octanol–water partition coefficient (Wildman–Crippen LogP) is 3.62. The Morgan fingerprint density at radius 2 is 1.75 bits per heavy atom. The second kappa shape index (κ2) is 6.87. The SMILES string of the molecule is CC[C@@H]1c2ccccc2CCN1C(=O)c1ccc(C(=O)OC)cc1.